The van der Waals surface area contributed by atoms with E-state index < -0.39 is 5.76 Å². The van der Waals surface area contributed by atoms with E-state index in [9.17, 15) is 9.59 Å². The molecule has 2 aromatic heterocycles. The maximum Gasteiger partial charge on any atom is 0.420 e. The lowest BCUT2D eigenvalue weighted by molar-refractivity contribution is 0.0645. The van der Waals surface area contributed by atoms with Crippen LogP contribution in [0.2, 0.25) is 5.02 Å². The number of fused-ring (bicyclic) bond motifs is 1. The predicted octanol–water partition coefficient (Wildman–Crippen LogP) is 3.32. The molecule has 0 bridgehead atoms. The van der Waals surface area contributed by atoms with Crippen molar-refractivity contribution < 1.29 is 13.6 Å². The van der Waals surface area contributed by atoms with Gasteiger partial charge in [-0.1, -0.05) is 11.6 Å². The second-order valence-corrected chi connectivity index (χ2v) is 6.31. The molecule has 124 valence electrons. The first kappa shape index (κ1) is 15.1. The van der Waals surface area contributed by atoms with E-state index in [1.807, 2.05) is 0 Å². The van der Waals surface area contributed by atoms with Gasteiger partial charge in [-0.15, -0.1) is 0 Å². The highest BCUT2D eigenvalue weighted by molar-refractivity contribution is 6.31. The highest BCUT2D eigenvalue weighted by Crippen LogP contribution is 2.27. The molecule has 24 heavy (non-hydrogen) atoms. The molecular weight excluding hydrogens is 332 g/mol. The van der Waals surface area contributed by atoms with E-state index in [0.29, 0.717) is 35.0 Å². The molecule has 1 amide bonds. The average Bonchev–Trinajstić information content (AvgIpc) is 3.21. The van der Waals surface area contributed by atoms with Gasteiger partial charge in [0, 0.05) is 18.1 Å². The summed E-state index contributed by atoms with van der Waals surface area (Å²) in [5.74, 6) is -0.281. The lowest BCUT2D eigenvalue weighted by atomic mass is 10.0. The number of benzene rings is 1. The van der Waals surface area contributed by atoms with Crippen LogP contribution in [0.25, 0.3) is 11.1 Å². The molecular formula is C17H15ClN2O4. The predicted molar refractivity (Wildman–Crippen MR) is 88.4 cm³/mol. The van der Waals surface area contributed by atoms with Crippen molar-refractivity contribution in [1.82, 2.24) is 9.47 Å². The van der Waals surface area contributed by atoms with Gasteiger partial charge in [0.25, 0.3) is 5.91 Å². The number of piperidine rings is 1. The van der Waals surface area contributed by atoms with Crippen LogP contribution in [0.3, 0.4) is 0 Å². The molecule has 1 aromatic carbocycles. The van der Waals surface area contributed by atoms with Gasteiger partial charge < -0.3 is 13.7 Å². The second-order valence-electron chi connectivity index (χ2n) is 5.87. The number of furan rings is 1. The van der Waals surface area contributed by atoms with Gasteiger partial charge in [-0.05, 0) is 43.2 Å². The van der Waals surface area contributed by atoms with Crippen molar-refractivity contribution in [2.45, 2.75) is 18.9 Å². The Bertz CT molecular complexity index is 941. The summed E-state index contributed by atoms with van der Waals surface area (Å²) < 4.78 is 12.1. The van der Waals surface area contributed by atoms with E-state index in [-0.39, 0.29) is 11.9 Å². The van der Waals surface area contributed by atoms with Gasteiger partial charge >= 0.3 is 5.76 Å². The van der Waals surface area contributed by atoms with E-state index in [1.165, 1.54) is 6.26 Å². The minimum atomic E-state index is -0.426. The third kappa shape index (κ3) is 2.53. The monoisotopic (exact) mass is 346 g/mol. The van der Waals surface area contributed by atoms with Gasteiger partial charge in [-0.3, -0.25) is 9.36 Å². The van der Waals surface area contributed by atoms with Gasteiger partial charge in [0.05, 0.1) is 17.8 Å². The zero-order chi connectivity index (χ0) is 16.7. The molecule has 0 spiro atoms. The molecule has 0 saturated carbocycles. The van der Waals surface area contributed by atoms with Crippen LogP contribution in [-0.4, -0.2) is 28.5 Å². The van der Waals surface area contributed by atoms with Crippen molar-refractivity contribution in [1.29, 1.82) is 0 Å². The van der Waals surface area contributed by atoms with Crippen LogP contribution in [0, 0.1) is 0 Å². The van der Waals surface area contributed by atoms with Crippen molar-refractivity contribution in [2.24, 2.45) is 0 Å². The number of oxazole rings is 1. The molecule has 6 nitrogen and oxygen atoms in total. The molecule has 1 aliphatic heterocycles. The maximum absolute atomic E-state index is 12.5. The van der Waals surface area contributed by atoms with Gasteiger partial charge in [0.15, 0.2) is 11.3 Å². The largest absolute Gasteiger partial charge is 0.459 e. The van der Waals surface area contributed by atoms with Crippen LogP contribution in [-0.2, 0) is 0 Å². The van der Waals surface area contributed by atoms with Crippen molar-refractivity contribution in [2.75, 3.05) is 13.1 Å². The second kappa shape index (κ2) is 5.87. The Hall–Kier alpha value is -2.47. The third-order valence-electron chi connectivity index (χ3n) is 4.36. The van der Waals surface area contributed by atoms with Gasteiger partial charge in [-0.25, -0.2) is 4.79 Å². The van der Waals surface area contributed by atoms with Crippen LogP contribution >= 0.6 is 11.6 Å². The first-order chi connectivity index (χ1) is 11.6. The molecule has 1 atom stereocenters. The minimum absolute atomic E-state index is 0.148. The zero-order valence-corrected chi connectivity index (χ0v) is 13.5. The highest BCUT2D eigenvalue weighted by Gasteiger charge is 2.29. The Morgan fingerprint density at radius 3 is 2.96 bits per heavy atom. The summed E-state index contributed by atoms with van der Waals surface area (Å²) in [6.45, 7) is 1.07. The van der Waals surface area contributed by atoms with Crippen LogP contribution < -0.4 is 5.76 Å². The van der Waals surface area contributed by atoms with Crippen molar-refractivity contribution in [3.05, 3.63) is 57.9 Å². The number of rotatable bonds is 2. The number of carbonyl (C=O) groups is 1. The van der Waals surface area contributed by atoms with Crippen molar-refractivity contribution in [3.8, 4) is 0 Å². The topological polar surface area (TPSA) is 68.6 Å². The fourth-order valence-corrected chi connectivity index (χ4v) is 3.42. The average molecular weight is 347 g/mol. The minimum Gasteiger partial charge on any atom is -0.459 e. The molecule has 0 N–H and O–H groups in total. The Morgan fingerprint density at radius 1 is 1.29 bits per heavy atom. The number of aromatic nitrogens is 1. The van der Waals surface area contributed by atoms with Crippen LogP contribution in [0.5, 0.6) is 0 Å². The molecule has 4 rings (SSSR count). The first-order valence-corrected chi connectivity index (χ1v) is 8.14. The quantitative estimate of drug-likeness (QED) is 0.713. The number of likely N-dealkylation sites (tertiary alicyclic amines) is 1. The zero-order valence-electron chi connectivity index (χ0n) is 12.8. The van der Waals surface area contributed by atoms with E-state index in [2.05, 4.69) is 0 Å². The Morgan fingerprint density at radius 2 is 2.17 bits per heavy atom. The van der Waals surface area contributed by atoms with Gasteiger partial charge in [-0.2, -0.15) is 0 Å². The molecule has 3 heterocycles. The molecule has 0 aliphatic carbocycles. The van der Waals surface area contributed by atoms with E-state index >= 15 is 0 Å². The van der Waals surface area contributed by atoms with E-state index in [4.69, 9.17) is 20.4 Å². The standard InChI is InChI=1S/C17H15ClN2O4/c18-11-5-6-14-13(9-11)20(17(22)24-14)12-3-1-7-19(10-12)16(21)15-4-2-8-23-15/h2,4-6,8-9,12H,1,3,7,10H2/t12-/m0/s1. The summed E-state index contributed by atoms with van der Waals surface area (Å²) in [6, 6.07) is 8.27. The SMILES string of the molecule is O=C(c1ccco1)N1CCC[C@H](n2c(=O)oc3ccc(Cl)cc32)C1. The van der Waals surface area contributed by atoms with Crippen LogP contribution in [0.4, 0.5) is 0 Å². The fourth-order valence-electron chi connectivity index (χ4n) is 3.26. The van der Waals surface area contributed by atoms with Gasteiger partial charge in [0.2, 0.25) is 0 Å². The van der Waals surface area contributed by atoms with Crippen LogP contribution in [0.15, 0.2) is 50.2 Å². The highest BCUT2D eigenvalue weighted by atomic mass is 35.5. The number of hydrogen-bond acceptors (Lipinski definition) is 4. The summed E-state index contributed by atoms with van der Waals surface area (Å²) in [4.78, 5) is 26.5. The molecule has 0 unspecified atom stereocenters. The molecule has 1 aliphatic rings. The summed E-state index contributed by atoms with van der Waals surface area (Å²) in [6.07, 6.45) is 3.07. The molecule has 3 aromatic rings. The number of halogens is 1. The lowest BCUT2D eigenvalue weighted by Gasteiger charge is -2.32. The summed E-state index contributed by atoms with van der Waals surface area (Å²) >= 11 is 6.05. The molecule has 7 heteroatoms. The normalized spacial score (nSPS) is 18.2. The van der Waals surface area contributed by atoms with E-state index in [0.717, 1.165) is 12.8 Å². The summed E-state index contributed by atoms with van der Waals surface area (Å²) in [5.41, 5.74) is 1.16. The number of nitrogens with zero attached hydrogens (tertiary/aromatic N) is 2. The number of amides is 1. The first-order valence-electron chi connectivity index (χ1n) is 7.77. The fraction of sp³-hybridized carbons (Fsp3) is 0.294. The summed E-state index contributed by atoms with van der Waals surface area (Å²) in [7, 11) is 0. The molecule has 1 fully saturated rings. The van der Waals surface area contributed by atoms with Crippen molar-refractivity contribution in [3.63, 3.8) is 0 Å². The lowest BCUT2D eigenvalue weighted by Crippen LogP contribution is -2.42. The third-order valence-corrected chi connectivity index (χ3v) is 4.59. The Balaban J connectivity index is 1.67. The van der Waals surface area contributed by atoms with Gasteiger partial charge in [0.1, 0.15) is 0 Å². The smallest absolute Gasteiger partial charge is 0.420 e. The summed E-state index contributed by atoms with van der Waals surface area (Å²) in [5, 5.41) is 0.538. The molecule has 0 radical (unpaired) electrons. The Kier molecular flexibility index (Phi) is 3.69. The maximum atomic E-state index is 12.5. The van der Waals surface area contributed by atoms with Crippen molar-refractivity contribution >= 4 is 28.6 Å². The number of hydrogen-bond donors (Lipinski definition) is 0. The number of carbonyl (C=O) groups excluding carboxylic acids is 1. The molecule has 1 saturated heterocycles. The Labute approximate surface area is 142 Å². The van der Waals surface area contributed by atoms with E-state index in [1.54, 1.807) is 39.8 Å². The van der Waals surface area contributed by atoms with Crippen LogP contribution in [0.1, 0.15) is 29.4 Å².